The van der Waals surface area contributed by atoms with Crippen LogP contribution in [0.5, 0.6) is 0 Å². The predicted octanol–water partition coefficient (Wildman–Crippen LogP) is 0.822. The summed E-state index contributed by atoms with van der Waals surface area (Å²) >= 11 is 1.23. The highest BCUT2D eigenvalue weighted by atomic mass is 32.2. The molecule has 5 nitrogen and oxygen atoms in total. The van der Waals surface area contributed by atoms with Crippen LogP contribution < -0.4 is 5.32 Å². The highest BCUT2D eigenvalue weighted by Crippen LogP contribution is 2.23. The molecule has 2 heterocycles. The lowest BCUT2D eigenvalue weighted by Crippen LogP contribution is -2.55. The Balaban J connectivity index is 2.26. The summed E-state index contributed by atoms with van der Waals surface area (Å²) in [5.74, 6) is 0. The quantitative estimate of drug-likeness (QED) is 0.868. The molecular weight excluding hydrogens is 258 g/mol. The van der Waals surface area contributed by atoms with E-state index in [2.05, 4.69) is 10.3 Å². The lowest BCUT2D eigenvalue weighted by Gasteiger charge is -2.34. The maximum atomic E-state index is 12.4. The molecule has 17 heavy (non-hydrogen) atoms. The van der Waals surface area contributed by atoms with E-state index in [4.69, 9.17) is 0 Å². The number of nitrogens with one attached hydrogen (secondary N) is 1. The molecule has 0 aliphatic carbocycles. The van der Waals surface area contributed by atoms with Crippen molar-refractivity contribution in [3.63, 3.8) is 0 Å². The van der Waals surface area contributed by atoms with Crippen molar-refractivity contribution < 1.29 is 8.42 Å². The second-order valence-corrected chi connectivity index (χ2v) is 7.89. The number of hydrogen-bond donors (Lipinski definition) is 1. The van der Waals surface area contributed by atoms with Crippen molar-refractivity contribution in [3.05, 3.63) is 11.2 Å². The van der Waals surface area contributed by atoms with Gasteiger partial charge in [-0.2, -0.15) is 4.31 Å². The average Bonchev–Trinajstić information content (AvgIpc) is 2.64. The Labute approximate surface area is 106 Å². The van der Waals surface area contributed by atoms with Gasteiger partial charge in [-0.1, -0.05) is 0 Å². The molecule has 1 N–H and O–H groups in total. The van der Waals surface area contributed by atoms with Gasteiger partial charge in [-0.05, 0) is 20.8 Å². The number of aryl methyl sites for hydroxylation is 1. The van der Waals surface area contributed by atoms with Gasteiger partial charge < -0.3 is 5.32 Å². The first-order chi connectivity index (χ1) is 7.89. The molecule has 96 valence electrons. The van der Waals surface area contributed by atoms with Crippen LogP contribution >= 0.6 is 11.3 Å². The van der Waals surface area contributed by atoms with E-state index in [1.807, 2.05) is 20.8 Å². The van der Waals surface area contributed by atoms with Gasteiger partial charge in [0, 0.05) is 25.2 Å². The number of thiazole rings is 1. The minimum absolute atomic E-state index is 0.183. The second-order valence-electron chi connectivity index (χ2n) is 4.49. The van der Waals surface area contributed by atoms with Crippen molar-refractivity contribution in [3.8, 4) is 0 Å². The van der Waals surface area contributed by atoms with Gasteiger partial charge in [0.15, 0.2) is 4.21 Å². The van der Waals surface area contributed by atoms with E-state index in [0.717, 1.165) is 5.01 Å². The number of aromatic nitrogens is 1. The zero-order valence-electron chi connectivity index (χ0n) is 10.2. The van der Waals surface area contributed by atoms with Crippen molar-refractivity contribution in [2.45, 2.75) is 37.1 Å². The number of sulfonamides is 1. The second kappa shape index (κ2) is 4.64. The monoisotopic (exact) mass is 275 g/mol. The van der Waals surface area contributed by atoms with Crippen molar-refractivity contribution in [2.24, 2.45) is 0 Å². The lowest BCUT2D eigenvalue weighted by atomic mass is 10.2. The summed E-state index contributed by atoms with van der Waals surface area (Å²) in [6, 6.07) is 0.366. The van der Waals surface area contributed by atoms with Gasteiger partial charge in [0.1, 0.15) is 0 Å². The highest BCUT2D eigenvalue weighted by Gasteiger charge is 2.32. The maximum absolute atomic E-state index is 12.4. The summed E-state index contributed by atoms with van der Waals surface area (Å²) in [5, 5.41) is 4.10. The minimum atomic E-state index is -3.36. The Bertz CT molecular complexity index is 487. The Morgan fingerprint density at radius 1 is 1.41 bits per heavy atom. The number of piperazine rings is 1. The molecule has 1 saturated heterocycles. The van der Waals surface area contributed by atoms with Crippen molar-refractivity contribution in [1.29, 1.82) is 0 Å². The minimum Gasteiger partial charge on any atom is -0.309 e. The number of nitrogens with zero attached hydrogens (tertiary/aromatic N) is 2. The molecule has 0 bridgehead atoms. The summed E-state index contributed by atoms with van der Waals surface area (Å²) < 4.78 is 26.6. The molecule has 0 aromatic carbocycles. The molecule has 1 aliphatic heterocycles. The topological polar surface area (TPSA) is 62.3 Å². The van der Waals surface area contributed by atoms with E-state index in [9.17, 15) is 8.42 Å². The summed E-state index contributed by atoms with van der Waals surface area (Å²) in [7, 11) is -3.36. The standard InChI is InChI=1S/C10H17N3O2S2/c1-7-5-13(6-8(2)12-7)17(14,15)10-4-11-9(3)16-10/h4,7-8,12H,5-6H2,1-3H3. The fourth-order valence-electron chi connectivity index (χ4n) is 2.06. The van der Waals surface area contributed by atoms with Gasteiger partial charge in [-0.3, -0.25) is 0 Å². The average molecular weight is 275 g/mol. The SMILES string of the molecule is Cc1ncc(S(=O)(=O)N2CC(C)NC(C)C2)s1. The van der Waals surface area contributed by atoms with Gasteiger partial charge in [0.2, 0.25) is 0 Å². The first-order valence-corrected chi connectivity index (χ1v) is 7.84. The van der Waals surface area contributed by atoms with Crippen LogP contribution in [0.2, 0.25) is 0 Å². The van der Waals surface area contributed by atoms with Gasteiger partial charge in [-0.15, -0.1) is 11.3 Å². The Morgan fingerprint density at radius 3 is 2.47 bits per heavy atom. The molecule has 0 amide bonds. The fraction of sp³-hybridized carbons (Fsp3) is 0.700. The van der Waals surface area contributed by atoms with E-state index in [1.54, 1.807) is 4.31 Å². The third-order valence-corrected chi connectivity index (χ3v) is 5.90. The summed E-state index contributed by atoms with van der Waals surface area (Å²) in [5.41, 5.74) is 0. The zero-order valence-corrected chi connectivity index (χ0v) is 11.8. The Kier molecular flexibility index (Phi) is 3.53. The first kappa shape index (κ1) is 12.9. The largest absolute Gasteiger partial charge is 0.309 e. The van der Waals surface area contributed by atoms with Crippen molar-refractivity contribution in [2.75, 3.05) is 13.1 Å². The summed E-state index contributed by atoms with van der Waals surface area (Å²) in [6.07, 6.45) is 1.45. The molecule has 2 atom stereocenters. The third-order valence-electron chi connectivity index (χ3n) is 2.72. The van der Waals surface area contributed by atoms with E-state index >= 15 is 0 Å². The van der Waals surface area contributed by atoms with Gasteiger partial charge in [0.25, 0.3) is 10.0 Å². The van der Waals surface area contributed by atoms with Gasteiger partial charge in [-0.25, -0.2) is 13.4 Å². The lowest BCUT2D eigenvalue weighted by molar-refractivity contribution is 0.263. The smallest absolute Gasteiger partial charge is 0.254 e. The van der Waals surface area contributed by atoms with Crippen LogP contribution in [-0.2, 0) is 10.0 Å². The molecule has 2 rings (SSSR count). The molecule has 2 unspecified atom stereocenters. The van der Waals surface area contributed by atoms with Crippen LogP contribution in [0.4, 0.5) is 0 Å². The molecule has 1 fully saturated rings. The zero-order chi connectivity index (χ0) is 12.6. The van der Waals surface area contributed by atoms with Crippen LogP contribution in [-0.4, -0.2) is 42.9 Å². The number of hydrogen-bond acceptors (Lipinski definition) is 5. The van der Waals surface area contributed by atoms with E-state index < -0.39 is 10.0 Å². The van der Waals surface area contributed by atoms with Crippen LogP contribution in [0, 0.1) is 6.92 Å². The van der Waals surface area contributed by atoms with Crippen LogP contribution in [0.15, 0.2) is 10.4 Å². The van der Waals surface area contributed by atoms with E-state index in [1.165, 1.54) is 17.5 Å². The third kappa shape index (κ3) is 2.67. The van der Waals surface area contributed by atoms with Crippen molar-refractivity contribution in [1.82, 2.24) is 14.6 Å². The van der Waals surface area contributed by atoms with E-state index in [0.29, 0.717) is 17.3 Å². The van der Waals surface area contributed by atoms with Gasteiger partial charge >= 0.3 is 0 Å². The maximum Gasteiger partial charge on any atom is 0.254 e. The molecule has 0 saturated carbocycles. The summed E-state index contributed by atoms with van der Waals surface area (Å²) in [4.78, 5) is 4.01. The molecule has 1 aromatic rings. The Hall–Kier alpha value is -0.500. The first-order valence-electron chi connectivity index (χ1n) is 5.58. The van der Waals surface area contributed by atoms with E-state index in [-0.39, 0.29) is 12.1 Å². The summed E-state index contributed by atoms with van der Waals surface area (Å²) in [6.45, 7) is 6.84. The van der Waals surface area contributed by atoms with Crippen LogP contribution in [0.1, 0.15) is 18.9 Å². The molecule has 0 radical (unpaired) electrons. The Morgan fingerprint density at radius 2 is 2.00 bits per heavy atom. The van der Waals surface area contributed by atoms with Crippen LogP contribution in [0.3, 0.4) is 0 Å². The van der Waals surface area contributed by atoms with Crippen molar-refractivity contribution >= 4 is 21.4 Å². The molecule has 1 aromatic heterocycles. The number of rotatable bonds is 2. The highest BCUT2D eigenvalue weighted by molar-refractivity contribution is 7.91. The molecule has 7 heteroatoms. The fourth-order valence-corrected chi connectivity index (χ4v) is 4.94. The predicted molar refractivity (Wildman–Crippen MR) is 67.7 cm³/mol. The molecular formula is C10H17N3O2S2. The normalized spacial score (nSPS) is 27.2. The molecule has 1 aliphatic rings. The molecule has 0 spiro atoms. The van der Waals surface area contributed by atoms with Crippen LogP contribution in [0.25, 0.3) is 0 Å². The van der Waals surface area contributed by atoms with Gasteiger partial charge in [0.05, 0.1) is 11.2 Å².